The van der Waals surface area contributed by atoms with Gasteiger partial charge in [-0.1, -0.05) is 7.43 Å². The number of carbonyl (C=O) groups excluding carboxylic acids is 1. The van der Waals surface area contributed by atoms with Gasteiger partial charge in [0.1, 0.15) is 22.5 Å². The molecule has 9 heteroatoms. The van der Waals surface area contributed by atoms with Crippen molar-refractivity contribution >= 4 is 34.4 Å². The maximum atomic E-state index is 13.3. The van der Waals surface area contributed by atoms with Gasteiger partial charge < -0.3 is 9.64 Å². The summed E-state index contributed by atoms with van der Waals surface area (Å²) < 4.78 is 17.9. The van der Waals surface area contributed by atoms with Crippen LogP contribution in [-0.2, 0) is 4.74 Å². The predicted octanol–water partition coefficient (Wildman–Crippen LogP) is 3.86. The topological polar surface area (TPSA) is 96.5 Å². The van der Waals surface area contributed by atoms with E-state index in [2.05, 4.69) is 4.74 Å². The molecule has 0 bridgehead atoms. The lowest BCUT2D eigenvalue weighted by atomic mass is 10.2. The minimum Gasteiger partial charge on any atom is -0.465 e. The summed E-state index contributed by atoms with van der Waals surface area (Å²) in [5, 5.41) is 21.8. The second-order valence-corrected chi connectivity index (χ2v) is 5.26. The summed E-state index contributed by atoms with van der Waals surface area (Å²) in [7, 11) is 2.65. The maximum Gasteiger partial charge on any atom is 0.350 e. The lowest BCUT2D eigenvalue weighted by Crippen LogP contribution is -2.15. The van der Waals surface area contributed by atoms with E-state index in [-0.39, 0.29) is 29.2 Å². The normalized spacial score (nSPS) is 9.58. The quantitative estimate of drug-likeness (QED) is 0.471. The summed E-state index contributed by atoms with van der Waals surface area (Å²) in [5.41, 5.74) is -0.0783. The van der Waals surface area contributed by atoms with E-state index >= 15 is 0 Å². The third-order valence-corrected chi connectivity index (χ3v) is 4.04. The van der Waals surface area contributed by atoms with Gasteiger partial charge in [0.15, 0.2) is 0 Å². The summed E-state index contributed by atoms with van der Waals surface area (Å²) >= 11 is 0.991. The van der Waals surface area contributed by atoms with E-state index in [1.54, 1.807) is 0 Å². The van der Waals surface area contributed by atoms with Crippen LogP contribution in [0.3, 0.4) is 0 Å². The van der Waals surface area contributed by atoms with Crippen molar-refractivity contribution in [3.05, 3.63) is 50.0 Å². The van der Waals surface area contributed by atoms with Crippen molar-refractivity contribution in [2.24, 2.45) is 0 Å². The predicted molar refractivity (Wildman–Crippen MR) is 88.2 cm³/mol. The number of carbonyl (C=O) groups is 1. The SMILES string of the molecule is C.COC(=O)c1scc(C#N)c1N(C)c1ccc(F)cc1[N+](=O)[O-]. The number of nitriles is 1. The highest BCUT2D eigenvalue weighted by atomic mass is 32.1. The average molecular weight is 351 g/mol. The first-order valence-corrected chi connectivity index (χ1v) is 7.06. The van der Waals surface area contributed by atoms with Gasteiger partial charge in [-0.05, 0) is 12.1 Å². The Bertz CT molecular complexity index is 829. The van der Waals surface area contributed by atoms with Gasteiger partial charge in [0.25, 0.3) is 5.69 Å². The Balaban J connectivity index is 0.00000288. The van der Waals surface area contributed by atoms with Gasteiger partial charge >= 0.3 is 5.97 Å². The number of benzene rings is 1. The minimum absolute atomic E-state index is 0. The first-order chi connectivity index (χ1) is 10.9. The zero-order chi connectivity index (χ0) is 17.1. The van der Waals surface area contributed by atoms with Gasteiger partial charge in [0.05, 0.1) is 29.4 Å². The molecule has 0 aliphatic carbocycles. The summed E-state index contributed by atoms with van der Waals surface area (Å²) in [4.78, 5) is 23.7. The third kappa shape index (κ3) is 3.33. The molecule has 0 atom stereocenters. The van der Waals surface area contributed by atoms with Crippen LogP contribution >= 0.6 is 11.3 Å². The fourth-order valence-corrected chi connectivity index (χ4v) is 2.99. The smallest absolute Gasteiger partial charge is 0.350 e. The molecule has 0 aliphatic heterocycles. The molecule has 24 heavy (non-hydrogen) atoms. The summed E-state index contributed by atoms with van der Waals surface area (Å²) in [6, 6.07) is 4.98. The van der Waals surface area contributed by atoms with Crippen LogP contribution in [0.15, 0.2) is 23.6 Å². The molecule has 126 valence electrons. The number of ether oxygens (including phenoxy) is 1. The Morgan fingerprint density at radius 3 is 2.71 bits per heavy atom. The van der Waals surface area contributed by atoms with Crippen LogP contribution in [0.4, 0.5) is 21.5 Å². The number of halogens is 1. The van der Waals surface area contributed by atoms with E-state index in [1.165, 1.54) is 30.5 Å². The first-order valence-electron chi connectivity index (χ1n) is 6.18. The van der Waals surface area contributed by atoms with Crippen LogP contribution < -0.4 is 4.90 Å². The standard InChI is InChI=1S/C14H10FN3O4S.CH4/c1-17(10-4-3-9(15)5-11(10)18(20)21)12-8(6-16)7-23-13(12)14(19)22-2;/h3-5,7H,1-2H3;1H4. The van der Waals surface area contributed by atoms with Crippen molar-refractivity contribution in [1.82, 2.24) is 0 Å². The number of nitro groups is 1. The average Bonchev–Trinajstić information content (AvgIpc) is 2.97. The summed E-state index contributed by atoms with van der Waals surface area (Å²) in [5.74, 6) is -1.42. The number of rotatable bonds is 4. The molecular weight excluding hydrogens is 337 g/mol. The summed E-state index contributed by atoms with van der Waals surface area (Å²) in [6.45, 7) is 0. The molecular formula is C15H14FN3O4S. The highest BCUT2D eigenvalue weighted by molar-refractivity contribution is 7.12. The van der Waals surface area contributed by atoms with Crippen LogP contribution in [-0.4, -0.2) is 25.1 Å². The Kier molecular flexibility index (Phi) is 5.97. The van der Waals surface area contributed by atoms with Crippen molar-refractivity contribution < 1.29 is 18.8 Å². The molecule has 0 radical (unpaired) electrons. The van der Waals surface area contributed by atoms with Crippen LogP contribution in [0.1, 0.15) is 22.7 Å². The minimum atomic E-state index is -0.757. The Labute approximate surface area is 141 Å². The molecule has 0 fully saturated rings. The molecule has 7 nitrogen and oxygen atoms in total. The molecule has 0 unspecified atom stereocenters. The second-order valence-electron chi connectivity index (χ2n) is 4.38. The zero-order valence-corrected chi connectivity index (χ0v) is 12.9. The van der Waals surface area contributed by atoms with Crippen LogP contribution in [0.2, 0.25) is 0 Å². The monoisotopic (exact) mass is 351 g/mol. The number of nitro benzene ring substituents is 1. The van der Waals surface area contributed by atoms with Crippen molar-refractivity contribution in [3.8, 4) is 6.07 Å². The van der Waals surface area contributed by atoms with Gasteiger partial charge in [-0.15, -0.1) is 11.3 Å². The van der Waals surface area contributed by atoms with Crippen molar-refractivity contribution in [2.75, 3.05) is 19.1 Å². The number of esters is 1. The van der Waals surface area contributed by atoms with Gasteiger partial charge in [0, 0.05) is 12.4 Å². The Morgan fingerprint density at radius 1 is 1.50 bits per heavy atom. The van der Waals surface area contributed by atoms with E-state index in [9.17, 15) is 24.6 Å². The zero-order valence-electron chi connectivity index (χ0n) is 12.1. The molecule has 1 aromatic heterocycles. The van der Waals surface area contributed by atoms with Crippen molar-refractivity contribution in [3.63, 3.8) is 0 Å². The van der Waals surface area contributed by atoms with Crippen molar-refractivity contribution in [2.45, 2.75) is 7.43 Å². The molecule has 0 saturated carbocycles. The lowest BCUT2D eigenvalue weighted by Gasteiger charge is -2.20. The fraction of sp³-hybridized carbons (Fsp3) is 0.200. The van der Waals surface area contributed by atoms with Crippen LogP contribution in [0, 0.1) is 27.3 Å². The lowest BCUT2D eigenvalue weighted by molar-refractivity contribution is -0.384. The molecule has 1 heterocycles. The highest BCUT2D eigenvalue weighted by Gasteiger charge is 2.27. The number of nitrogens with zero attached hydrogens (tertiary/aromatic N) is 3. The third-order valence-electron chi connectivity index (χ3n) is 3.09. The fourth-order valence-electron chi connectivity index (χ4n) is 2.05. The van der Waals surface area contributed by atoms with Gasteiger partial charge in [-0.2, -0.15) is 5.26 Å². The van der Waals surface area contributed by atoms with Crippen LogP contribution in [0.5, 0.6) is 0 Å². The molecule has 0 N–H and O–H groups in total. The van der Waals surface area contributed by atoms with Gasteiger partial charge in [-0.25, -0.2) is 9.18 Å². The molecule has 0 amide bonds. The maximum absolute atomic E-state index is 13.3. The highest BCUT2D eigenvalue weighted by Crippen LogP contribution is 2.39. The molecule has 2 aromatic rings. The first kappa shape index (κ1) is 19.1. The second kappa shape index (κ2) is 7.52. The van der Waals surface area contributed by atoms with E-state index in [0.717, 1.165) is 23.5 Å². The largest absolute Gasteiger partial charge is 0.465 e. The molecule has 0 spiro atoms. The molecule has 1 aromatic carbocycles. The van der Waals surface area contributed by atoms with E-state index in [1.807, 2.05) is 6.07 Å². The molecule has 0 aliphatic rings. The summed E-state index contributed by atoms with van der Waals surface area (Å²) in [6.07, 6.45) is 0. The van der Waals surface area contributed by atoms with Gasteiger partial charge in [0.2, 0.25) is 0 Å². The number of thiophene rings is 1. The number of hydrogen-bond donors (Lipinski definition) is 0. The molecule has 2 rings (SSSR count). The van der Waals surface area contributed by atoms with E-state index < -0.39 is 22.4 Å². The molecule has 0 saturated heterocycles. The van der Waals surface area contributed by atoms with Gasteiger partial charge in [-0.3, -0.25) is 10.1 Å². The number of methoxy groups -OCH3 is 1. The van der Waals surface area contributed by atoms with E-state index in [4.69, 9.17) is 0 Å². The van der Waals surface area contributed by atoms with Crippen LogP contribution in [0.25, 0.3) is 0 Å². The number of anilines is 2. The number of hydrogen-bond acceptors (Lipinski definition) is 7. The Morgan fingerprint density at radius 2 is 2.17 bits per heavy atom. The van der Waals surface area contributed by atoms with Crippen molar-refractivity contribution in [1.29, 1.82) is 5.26 Å². The van der Waals surface area contributed by atoms with E-state index in [0.29, 0.717) is 0 Å². The Hall–Kier alpha value is -2.99.